The second-order valence-electron chi connectivity index (χ2n) is 5.35. The fourth-order valence-electron chi connectivity index (χ4n) is 1.95. The zero-order valence-corrected chi connectivity index (χ0v) is 13.1. The van der Waals surface area contributed by atoms with E-state index in [-0.39, 0.29) is 23.6 Å². The van der Waals surface area contributed by atoms with Crippen molar-refractivity contribution in [2.75, 3.05) is 10.6 Å². The quantitative estimate of drug-likeness (QED) is 0.775. The summed E-state index contributed by atoms with van der Waals surface area (Å²) in [6.07, 6.45) is -3.10. The monoisotopic (exact) mass is 338 g/mol. The molecule has 2 rings (SSSR count). The topological polar surface area (TPSA) is 66.1 Å². The van der Waals surface area contributed by atoms with E-state index in [0.717, 1.165) is 6.07 Å². The smallest absolute Gasteiger partial charge is 0.340 e. The largest absolute Gasteiger partial charge is 0.418 e. The predicted octanol–water partition coefficient (Wildman–Crippen LogP) is 4.37. The number of benzene rings is 1. The number of pyridine rings is 1. The Balaban J connectivity index is 2.09. The molecule has 0 radical (unpaired) electrons. The number of amides is 2. The van der Waals surface area contributed by atoms with Gasteiger partial charge in [0.2, 0.25) is 0 Å². The van der Waals surface area contributed by atoms with Crippen LogP contribution in [0.4, 0.5) is 35.2 Å². The normalized spacial score (nSPS) is 11.2. The lowest BCUT2D eigenvalue weighted by atomic mass is 10.1. The summed E-state index contributed by atoms with van der Waals surface area (Å²) < 4.78 is 38.8. The summed E-state index contributed by atoms with van der Waals surface area (Å²) >= 11 is 0. The van der Waals surface area contributed by atoms with E-state index in [9.17, 15) is 18.0 Å². The van der Waals surface area contributed by atoms with Crippen molar-refractivity contribution in [3.05, 3.63) is 48.2 Å². The molecule has 1 aromatic carbocycles. The number of carbonyl (C=O) groups is 1. The Morgan fingerprint density at radius 2 is 1.83 bits per heavy atom. The van der Waals surface area contributed by atoms with Gasteiger partial charge in [0.15, 0.2) is 0 Å². The molecule has 0 unspecified atom stereocenters. The molecule has 0 bridgehead atoms. The predicted molar refractivity (Wildman–Crippen MR) is 86.3 cm³/mol. The summed E-state index contributed by atoms with van der Waals surface area (Å²) in [5.41, 5.74) is -0.427. The fourth-order valence-corrected chi connectivity index (χ4v) is 1.95. The third kappa shape index (κ3) is 4.87. The van der Waals surface area contributed by atoms with Gasteiger partial charge >= 0.3 is 12.2 Å². The van der Waals surface area contributed by atoms with Gasteiger partial charge in [-0.25, -0.2) is 9.78 Å². The highest BCUT2D eigenvalue weighted by atomic mass is 19.4. The van der Waals surface area contributed by atoms with E-state index < -0.39 is 11.7 Å². The Hall–Kier alpha value is -2.77. The molecule has 0 aliphatic carbocycles. The summed E-state index contributed by atoms with van der Waals surface area (Å²) in [5.74, 6) is 0.238. The third-order valence-corrected chi connectivity index (χ3v) is 2.94. The van der Waals surface area contributed by atoms with Gasteiger partial charge in [-0.05, 0) is 38.1 Å². The average Bonchev–Trinajstić information content (AvgIpc) is 2.48. The molecule has 2 amide bonds. The molecule has 0 fully saturated rings. The van der Waals surface area contributed by atoms with E-state index in [1.807, 2.05) is 13.8 Å². The number of hydrogen-bond donors (Lipinski definition) is 3. The molecule has 3 N–H and O–H groups in total. The van der Waals surface area contributed by atoms with E-state index in [1.54, 1.807) is 6.07 Å². The summed E-state index contributed by atoms with van der Waals surface area (Å²) in [6.45, 7) is 3.64. The van der Waals surface area contributed by atoms with Crippen molar-refractivity contribution in [2.24, 2.45) is 0 Å². The van der Waals surface area contributed by atoms with Crippen LogP contribution in [0.1, 0.15) is 19.4 Å². The van der Waals surface area contributed by atoms with Gasteiger partial charge < -0.3 is 16.0 Å². The molecule has 24 heavy (non-hydrogen) atoms. The first-order chi connectivity index (χ1) is 11.3. The number of rotatable bonds is 4. The van der Waals surface area contributed by atoms with Crippen molar-refractivity contribution in [3.63, 3.8) is 0 Å². The van der Waals surface area contributed by atoms with Crippen LogP contribution < -0.4 is 16.0 Å². The number of carbonyl (C=O) groups excluding carboxylic acids is 1. The SMILES string of the molecule is CC(C)NC(=O)Nc1ccc(Nc2ccccc2C(F)(F)F)nc1. The minimum atomic E-state index is -4.46. The third-order valence-electron chi connectivity index (χ3n) is 2.94. The van der Waals surface area contributed by atoms with Crippen molar-refractivity contribution in [1.29, 1.82) is 0 Å². The standard InChI is InChI=1S/C16H17F3N4O/c1-10(2)21-15(24)22-11-7-8-14(20-9-11)23-13-6-4-3-5-12(13)16(17,18)19/h3-10H,1-2H3,(H,20,23)(H2,21,22,24). The van der Waals surface area contributed by atoms with Crippen LogP contribution in [0.3, 0.4) is 0 Å². The van der Waals surface area contributed by atoms with E-state index in [4.69, 9.17) is 0 Å². The number of para-hydroxylation sites is 1. The molecule has 1 aromatic heterocycles. The van der Waals surface area contributed by atoms with Crippen LogP contribution in [0.2, 0.25) is 0 Å². The Morgan fingerprint density at radius 3 is 2.42 bits per heavy atom. The Morgan fingerprint density at radius 1 is 1.12 bits per heavy atom. The van der Waals surface area contributed by atoms with Crippen LogP contribution in [0, 0.1) is 0 Å². The summed E-state index contributed by atoms with van der Waals surface area (Å²) in [6, 6.07) is 7.78. The molecular weight excluding hydrogens is 321 g/mol. The van der Waals surface area contributed by atoms with Crippen LogP contribution >= 0.6 is 0 Å². The lowest BCUT2D eigenvalue weighted by Crippen LogP contribution is -2.34. The molecule has 2 aromatic rings. The first-order valence-electron chi connectivity index (χ1n) is 7.22. The van der Waals surface area contributed by atoms with Crippen LogP contribution in [0.25, 0.3) is 0 Å². The lowest BCUT2D eigenvalue weighted by molar-refractivity contribution is -0.136. The lowest BCUT2D eigenvalue weighted by Gasteiger charge is -2.14. The number of halogens is 3. The number of urea groups is 1. The highest BCUT2D eigenvalue weighted by molar-refractivity contribution is 5.89. The van der Waals surface area contributed by atoms with Crippen molar-refractivity contribution in [1.82, 2.24) is 10.3 Å². The first kappa shape index (κ1) is 17.6. The highest BCUT2D eigenvalue weighted by Gasteiger charge is 2.33. The number of aromatic nitrogens is 1. The molecule has 0 saturated heterocycles. The number of nitrogens with zero attached hydrogens (tertiary/aromatic N) is 1. The summed E-state index contributed by atoms with van der Waals surface area (Å²) in [7, 11) is 0. The van der Waals surface area contributed by atoms with Crippen LogP contribution in [-0.4, -0.2) is 17.1 Å². The van der Waals surface area contributed by atoms with E-state index in [2.05, 4.69) is 20.9 Å². The molecule has 0 aliphatic heterocycles. The highest BCUT2D eigenvalue weighted by Crippen LogP contribution is 2.35. The second-order valence-corrected chi connectivity index (χ2v) is 5.35. The summed E-state index contributed by atoms with van der Waals surface area (Å²) in [4.78, 5) is 15.6. The number of alkyl halides is 3. The Labute approximate surface area is 137 Å². The van der Waals surface area contributed by atoms with Gasteiger partial charge in [-0.1, -0.05) is 12.1 Å². The molecule has 0 aliphatic rings. The number of anilines is 3. The maximum Gasteiger partial charge on any atom is 0.418 e. The van der Waals surface area contributed by atoms with Gasteiger partial charge in [-0.3, -0.25) is 0 Å². The van der Waals surface area contributed by atoms with Gasteiger partial charge in [0.25, 0.3) is 0 Å². The van der Waals surface area contributed by atoms with E-state index in [1.165, 1.54) is 30.5 Å². The van der Waals surface area contributed by atoms with Crippen molar-refractivity contribution in [3.8, 4) is 0 Å². The molecule has 0 saturated carbocycles. The zero-order valence-electron chi connectivity index (χ0n) is 13.1. The van der Waals surface area contributed by atoms with Crippen LogP contribution in [0.5, 0.6) is 0 Å². The minimum absolute atomic E-state index is 0.0160. The number of hydrogen-bond acceptors (Lipinski definition) is 3. The van der Waals surface area contributed by atoms with Gasteiger partial charge in [0.1, 0.15) is 5.82 Å². The fraction of sp³-hybridized carbons (Fsp3) is 0.250. The van der Waals surface area contributed by atoms with Crippen LogP contribution in [-0.2, 0) is 6.18 Å². The van der Waals surface area contributed by atoms with Gasteiger partial charge in [-0.15, -0.1) is 0 Å². The van der Waals surface area contributed by atoms with Gasteiger partial charge in [0.05, 0.1) is 23.1 Å². The van der Waals surface area contributed by atoms with Crippen molar-refractivity contribution < 1.29 is 18.0 Å². The molecule has 8 heteroatoms. The maximum absolute atomic E-state index is 12.9. The zero-order chi connectivity index (χ0) is 17.7. The molecule has 1 heterocycles. The van der Waals surface area contributed by atoms with Crippen molar-refractivity contribution >= 4 is 23.2 Å². The second kappa shape index (κ2) is 7.20. The van der Waals surface area contributed by atoms with E-state index >= 15 is 0 Å². The summed E-state index contributed by atoms with van der Waals surface area (Å²) in [5, 5.41) is 7.86. The maximum atomic E-state index is 12.9. The molecule has 0 atom stereocenters. The van der Waals surface area contributed by atoms with E-state index in [0.29, 0.717) is 5.69 Å². The van der Waals surface area contributed by atoms with Crippen LogP contribution in [0.15, 0.2) is 42.6 Å². The number of nitrogens with one attached hydrogen (secondary N) is 3. The Kier molecular flexibility index (Phi) is 5.28. The molecule has 0 spiro atoms. The first-order valence-corrected chi connectivity index (χ1v) is 7.22. The average molecular weight is 338 g/mol. The van der Waals surface area contributed by atoms with Gasteiger partial charge in [-0.2, -0.15) is 13.2 Å². The molecular formula is C16H17F3N4O. The molecule has 5 nitrogen and oxygen atoms in total. The minimum Gasteiger partial charge on any atom is -0.340 e. The van der Waals surface area contributed by atoms with Crippen molar-refractivity contribution in [2.45, 2.75) is 26.1 Å². The van der Waals surface area contributed by atoms with Gasteiger partial charge in [0, 0.05) is 6.04 Å². The Bertz CT molecular complexity index is 699. The molecule has 128 valence electrons.